The summed E-state index contributed by atoms with van der Waals surface area (Å²) in [6.45, 7) is 7.44. The Kier molecular flexibility index (Phi) is 8.92. The fraction of sp³-hybridized carbons (Fsp3) is 0.391. The van der Waals surface area contributed by atoms with Gasteiger partial charge in [0.2, 0.25) is 16.0 Å². The number of rotatable bonds is 11. The fourth-order valence-corrected chi connectivity index (χ4v) is 4.81. The highest BCUT2D eigenvalue weighted by Gasteiger charge is 2.23. The molecule has 0 aliphatic carbocycles. The third-order valence-electron chi connectivity index (χ3n) is 5.16. The standard InChI is InChI=1S/C23H29ClFN7O4S/c1-5-8-37(35,36)31-19-10-15(24)9-16(20(19)25)21-17(12-32(30-21)13(2)3)18-6-7-26-22(29-18)27-11-14(4)28-23(33)34/h6-7,9-10,12-14,28,31H,5,8,11H2,1-4H3,(H,33,34)(H,26,27,29)/t14-/m0/s1. The molecule has 14 heteroatoms. The van der Waals surface area contributed by atoms with E-state index in [1.54, 1.807) is 30.8 Å². The smallest absolute Gasteiger partial charge is 0.404 e. The van der Waals surface area contributed by atoms with Crippen LogP contribution in [0.25, 0.3) is 22.5 Å². The van der Waals surface area contributed by atoms with E-state index in [2.05, 4.69) is 30.4 Å². The lowest BCUT2D eigenvalue weighted by molar-refractivity contribution is 0.191. The predicted octanol–water partition coefficient (Wildman–Crippen LogP) is 4.60. The summed E-state index contributed by atoms with van der Waals surface area (Å²) in [5.41, 5.74) is 0.842. The van der Waals surface area contributed by atoms with Crippen molar-refractivity contribution < 1.29 is 22.7 Å². The van der Waals surface area contributed by atoms with Crippen LogP contribution >= 0.6 is 11.6 Å². The van der Waals surface area contributed by atoms with Crippen molar-refractivity contribution in [3.63, 3.8) is 0 Å². The van der Waals surface area contributed by atoms with E-state index in [9.17, 15) is 13.2 Å². The molecule has 3 rings (SSSR count). The average Bonchev–Trinajstić information content (AvgIpc) is 3.25. The van der Waals surface area contributed by atoms with E-state index in [-0.39, 0.29) is 46.3 Å². The number of hydrogen-bond acceptors (Lipinski definition) is 7. The second-order valence-corrected chi connectivity index (χ2v) is 11.0. The number of aromatic nitrogens is 4. The number of nitrogens with one attached hydrogen (secondary N) is 3. The molecule has 0 spiro atoms. The molecule has 1 aromatic carbocycles. The van der Waals surface area contributed by atoms with E-state index in [4.69, 9.17) is 16.7 Å². The minimum absolute atomic E-state index is 0.00324. The highest BCUT2D eigenvalue weighted by molar-refractivity contribution is 7.92. The first-order valence-electron chi connectivity index (χ1n) is 11.6. The normalized spacial score (nSPS) is 12.4. The summed E-state index contributed by atoms with van der Waals surface area (Å²) in [6.07, 6.45) is 2.44. The summed E-state index contributed by atoms with van der Waals surface area (Å²) in [4.78, 5) is 19.5. The molecular formula is C23H29ClFN7O4S. The third kappa shape index (κ3) is 7.29. The van der Waals surface area contributed by atoms with E-state index in [1.165, 1.54) is 18.3 Å². The molecule has 0 aliphatic rings. The first kappa shape index (κ1) is 28.1. The van der Waals surface area contributed by atoms with Crippen LogP contribution in [0.15, 0.2) is 30.6 Å². The van der Waals surface area contributed by atoms with Crippen molar-refractivity contribution in [2.45, 2.75) is 46.2 Å². The van der Waals surface area contributed by atoms with Gasteiger partial charge in [-0.2, -0.15) is 5.10 Å². The largest absolute Gasteiger partial charge is 0.465 e. The van der Waals surface area contributed by atoms with Crippen LogP contribution in [-0.2, 0) is 10.0 Å². The van der Waals surface area contributed by atoms with E-state index >= 15 is 4.39 Å². The van der Waals surface area contributed by atoms with Gasteiger partial charge in [0.15, 0.2) is 5.82 Å². The van der Waals surface area contributed by atoms with Gasteiger partial charge in [0.25, 0.3) is 0 Å². The van der Waals surface area contributed by atoms with Crippen molar-refractivity contribution in [1.82, 2.24) is 25.1 Å². The predicted molar refractivity (Wildman–Crippen MR) is 141 cm³/mol. The molecule has 0 saturated heterocycles. The second kappa shape index (κ2) is 11.7. The van der Waals surface area contributed by atoms with Crippen molar-refractivity contribution in [3.05, 3.63) is 41.4 Å². The zero-order valence-electron chi connectivity index (χ0n) is 20.8. The third-order valence-corrected chi connectivity index (χ3v) is 6.85. The molecule has 37 heavy (non-hydrogen) atoms. The van der Waals surface area contributed by atoms with Crippen molar-refractivity contribution in [3.8, 4) is 22.5 Å². The van der Waals surface area contributed by atoms with Crippen LogP contribution in [0.3, 0.4) is 0 Å². The number of nitrogens with zero attached hydrogens (tertiary/aromatic N) is 4. The molecule has 2 aromatic heterocycles. The molecule has 11 nitrogen and oxygen atoms in total. The van der Waals surface area contributed by atoms with Crippen LogP contribution in [0.4, 0.5) is 20.8 Å². The maximum Gasteiger partial charge on any atom is 0.404 e. The molecule has 0 unspecified atom stereocenters. The van der Waals surface area contributed by atoms with E-state index in [0.29, 0.717) is 17.7 Å². The SMILES string of the molecule is CCCS(=O)(=O)Nc1cc(Cl)cc(-c2nn(C(C)C)cc2-c2ccnc(NC[C@H](C)NC(=O)O)n2)c1F. The summed E-state index contributed by atoms with van der Waals surface area (Å²) in [5, 5.41) is 18.8. The number of benzene rings is 1. The van der Waals surface area contributed by atoms with Crippen LogP contribution < -0.4 is 15.4 Å². The number of anilines is 2. The van der Waals surface area contributed by atoms with Crippen molar-refractivity contribution >= 4 is 39.4 Å². The average molecular weight is 554 g/mol. The van der Waals surface area contributed by atoms with Gasteiger partial charge in [-0.05, 0) is 45.4 Å². The minimum atomic E-state index is -3.77. The van der Waals surface area contributed by atoms with E-state index in [1.807, 2.05) is 13.8 Å². The van der Waals surface area contributed by atoms with Crippen molar-refractivity contribution in [2.24, 2.45) is 0 Å². The first-order valence-corrected chi connectivity index (χ1v) is 13.6. The summed E-state index contributed by atoms with van der Waals surface area (Å²) in [5.74, 6) is -0.751. The van der Waals surface area contributed by atoms with Crippen molar-refractivity contribution in [1.29, 1.82) is 0 Å². The van der Waals surface area contributed by atoms with Crippen LogP contribution in [0.1, 0.15) is 40.2 Å². The Morgan fingerprint density at radius 1 is 1.24 bits per heavy atom. The fourth-order valence-electron chi connectivity index (χ4n) is 3.47. The van der Waals surface area contributed by atoms with E-state index in [0.717, 1.165) is 0 Å². The van der Waals surface area contributed by atoms with Gasteiger partial charge >= 0.3 is 6.09 Å². The lowest BCUT2D eigenvalue weighted by Crippen LogP contribution is -2.36. The maximum atomic E-state index is 15.7. The molecule has 0 bridgehead atoms. The Morgan fingerprint density at radius 3 is 2.62 bits per heavy atom. The molecular weight excluding hydrogens is 525 g/mol. The molecule has 0 fully saturated rings. The topological polar surface area (TPSA) is 151 Å². The Morgan fingerprint density at radius 2 is 1.97 bits per heavy atom. The van der Waals surface area contributed by atoms with Gasteiger partial charge in [-0.1, -0.05) is 18.5 Å². The maximum absolute atomic E-state index is 15.7. The highest BCUT2D eigenvalue weighted by Crippen LogP contribution is 2.37. The van der Waals surface area contributed by atoms with Gasteiger partial charge in [0, 0.05) is 47.2 Å². The van der Waals surface area contributed by atoms with Gasteiger partial charge in [-0.25, -0.2) is 27.6 Å². The Balaban J connectivity index is 2.05. The van der Waals surface area contributed by atoms with Gasteiger partial charge in [-0.15, -0.1) is 0 Å². The number of halogens is 2. The molecule has 1 amide bonds. The van der Waals surface area contributed by atoms with Crippen LogP contribution in [0, 0.1) is 5.82 Å². The van der Waals surface area contributed by atoms with Crippen molar-refractivity contribution in [2.75, 3.05) is 22.3 Å². The second-order valence-electron chi connectivity index (χ2n) is 8.70. The number of carboxylic acid groups (broad SMARTS) is 1. The molecule has 1 atom stereocenters. The molecule has 4 N–H and O–H groups in total. The zero-order chi connectivity index (χ0) is 27.3. The van der Waals surface area contributed by atoms with Crippen LogP contribution in [-0.4, -0.2) is 57.7 Å². The van der Waals surface area contributed by atoms with E-state index < -0.39 is 28.0 Å². The molecule has 200 valence electrons. The summed E-state index contributed by atoms with van der Waals surface area (Å²) in [7, 11) is -3.77. The van der Waals surface area contributed by atoms with Gasteiger partial charge in [0.1, 0.15) is 5.69 Å². The molecule has 0 radical (unpaired) electrons. The number of carbonyl (C=O) groups is 1. The van der Waals surface area contributed by atoms with Gasteiger partial charge < -0.3 is 15.7 Å². The van der Waals surface area contributed by atoms with Gasteiger partial charge in [0.05, 0.1) is 17.1 Å². The highest BCUT2D eigenvalue weighted by atomic mass is 35.5. The summed E-state index contributed by atoms with van der Waals surface area (Å²) in [6, 6.07) is 3.75. The molecule has 0 aliphatic heterocycles. The quantitative estimate of drug-likeness (QED) is 0.269. The lowest BCUT2D eigenvalue weighted by Gasteiger charge is -2.13. The Hall–Kier alpha value is -3.45. The zero-order valence-corrected chi connectivity index (χ0v) is 22.4. The molecule has 2 heterocycles. The summed E-state index contributed by atoms with van der Waals surface area (Å²) < 4.78 is 44.2. The lowest BCUT2D eigenvalue weighted by atomic mass is 10.0. The number of amides is 1. The number of hydrogen-bond donors (Lipinski definition) is 4. The van der Waals surface area contributed by atoms with Crippen LogP contribution in [0.5, 0.6) is 0 Å². The molecule has 0 saturated carbocycles. The van der Waals surface area contributed by atoms with Crippen LogP contribution in [0.2, 0.25) is 5.02 Å². The van der Waals surface area contributed by atoms with Gasteiger partial charge in [-0.3, -0.25) is 9.40 Å². The Bertz CT molecular complexity index is 1380. The summed E-state index contributed by atoms with van der Waals surface area (Å²) >= 11 is 6.26. The Labute approximate surface area is 219 Å². The first-order chi connectivity index (χ1) is 17.4. The molecule has 3 aromatic rings. The monoisotopic (exact) mass is 553 g/mol. The number of sulfonamides is 1. The minimum Gasteiger partial charge on any atom is -0.465 e.